The Balaban J connectivity index is -0.0000000787. The molecule has 0 unspecified atom stereocenters. The van der Waals surface area contributed by atoms with Gasteiger partial charge < -0.3 is 27.7 Å². The Bertz CT molecular complexity index is 83.9. The zero-order chi connectivity index (χ0) is 9.15. The summed E-state index contributed by atoms with van der Waals surface area (Å²) in [5.41, 5.74) is 17.0. The Morgan fingerprint density at radius 1 is 0.800 bits per heavy atom. The maximum Gasteiger partial charge on any atom is 0.309 e. The lowest BCUT2D eigenvalue weighted by Gasteiger charge is -1.62. The molecule has 0 aliphatic carbocycles. The van der Waals surface area contributed by atoms with Crippen molar-refractivity contribution in [2.45, 2.75) is 0 Å². The second-order valence-corrected chi connectivity index (χ2v) is 0.805. The van der Waals surface area contributed by atoms with Gasteiger partial charge in [-0.05, 0) is 0 Å². The fraction of sp³-hybridized carbons (Fsp3) is 0. The van der Waals surface area contributed by atoms with Crippen molar-refractivity contribution in [2.75, 3.05) is 0 Å². The maximum atomic E-state index is 9.00. The van der Waals surface area contributed by atoms with Crippen molar-refractivity contribution < 1.29 is 14.4 Å². The highest BCUT2D eigenvalue weighted by molar-refractivity contribution is 5.69. The van der Waals surface area contributed by atoms with Gasteiger partial charge in [0.25, 0.3) is 0 Å². The first-order valence-corrected chi connectivity index (χ1v) is 1.85. The van der Waals surface area contributed by atoms with Crippen LogP contribution < -0.4 is 22.9 Å². The predicted molar refractivity (Wildman–Crippen MR) is 34.7 cm³/mol. The first-order chi connectivity index (χ1) is 4.46. The number of nitrogens with two attached hydrogens (primary N) is 4. The second kappa shape index (κ2) is 15.7. The van der Waals surface area contributed by atoms with Gasteiger partial charge in [0.05, 0.1) is 0 Å². The van der Waals surface area contributed by atoms with Gasteiger partial charge in [-0.25, -0.2) is 9.59 Å². The number of carbonyl (C=O) groups is 3. The van der Waals surface area contributed by atoms with E-state index >= 15 is 0 Å². The van der Waals surface area contributed by atoms with E-state index in [4.69, 9.17) is 14.4 Å². The largest absolute Gasteiger partial charge is 0.352 e. The zero-order valence-electron chi connectivity index (χ0n) is 5.24. The van der Waals surface area contributed by atoms with Crippen molar-refractivity contribution >= 4 is 18.9 Å². The number of rotatable bonds is 0. The van der Waals surface area contributed by atoms with Gasteiger partial charge in [-0.2, -0.15) is 0 Å². The molecule has 10 heavy (non-hydrogen) atoms. The van der Waals surface area contributed by atoms with E-state index in [1.54, 1.807) is 0 Å². The minimum Gasteiger partial charge on any atom is -0.352 e. The molecule has 0 aliphatic heterocycles. The number of urea groups is 2. The molecule has 0 spiro atoms. The minimum absolute atomic E-state index is 0.833. The highest BCUT2D eigenvalue weighted by atomic mass is 16.2. The van der Waals surface area contributed by atoms with Crippen LogP contribution in [-0.2, 0) is 4.79 Å². The van der Waals surface area contributed by atoms with E-state index in [-0.39, 0.29) is 0 Å². The molecule has 0 atom stereocenters. The molecular weight excluding hydrogens is 140 g/mol. The van der Waals surface area contributed by atoms with Crippen molar-refractivity contribution in [3.05, 3.63) is 0 Å². The first-order valence-electron chi connectivity index (χ1n) is 1.85. The maximum absolute atomic E-state index is 9.00. The molecule has 0 rings (SSSR count). The van der Waals surface area contributed by atoms with E-state index in [9.17, 15) is 0 Å². The fourth-order valence-electron chi connectivity index (χ4n) is 0. The molecule has 0 aliphatic rings. The summed E-state index contributed by atoms with van der Waals surface area (Å²) in [6, 6.07) is -1.67. The van der Waals surface area contributed by atoms with Crippen molar-refractivity contribution in [1.29, 1.82) is 0 Å². The lowest BCUT2D eigenvalue weighted by Crippen LogP contribution is -2.18. The van der Waals surface area contributed by atoms with Crippen molar-refractivity contribution in [3.63, 3.8) is 0 Å². The molecule has 0 heterocycles. The predicted octanol–water partition coefficient (Wildman–Crippen LogP) is -2.14. The average molecular weight is 150 g/mol. The summed E-state index contributed by atoms with van der Waals surface area (Å²) >= 11 is 0. The number of primary amides is 4. The molecule has 7 nitrogen and oxygen atoms in total. The standard InChI is InChI=1S/2CH4N2O.CH2O/c2*2-1(3)4;1-2/h2*(H4,2,3,4);1H2. The Labute approximate surface area is 57.3 Å². The molecule has 0 aromatic rings. The SMILES string of the molecule is C=O.NC(N)=O.NC(N)=O. The summed E-state index contributed by atoms with van der Waals surface area (Å²) in [7, 11) is 0. The Hall–Kier alpha value is -1.79. The Morgan fingerprint density at radius 2 is 0.800 bits per heavy atom. The van der Waals surface area contributed by atoms with Crippen LogP contribution in [0.25, 0.3) is 0 Å². The van der Waals surface area contributed by atoms with Crippen molar-refractivity contribution in [2.24, 2.45) is 22.9 Å². The van der Waals surface area contributed by atoms with Gasteiger partial charge in [-0.3, -0.25) is 0 Å². The molecule has 0 radical (unpaired) electrons. The monoisotopic (exact) mass is 150 g/mol. The average Bonchev–Trinajstić information content (AvgIpc) is 1.66. The van der Waals surface area contributed by atoms with E-state index in [1.165, 1.54) is 0 Å². The highest BCUT2D eigenvalue weighted by Crippen LogP contribution is 1.26. The third-order valence-electron chi connectivity index (χ3n) is 0. The van der Waals surface area contributed by atoms with Crippen molar-refractivity contribution in [1.82, 2.24) is 0 Å². The number of hydrogen-bond acceptors (Lipinski definition) is 3. The lowest BCUT2D eigenvalue weighted by atomic mass is 11.2. The Morgan fingerprint density at radius 3 is 0.800 bits per heavy atom. The molecule has 60 valence electrons. The van der Waals surface area contributed by atoms with Gasteiger partial charge in [0.2, 0.25) is 0 Å². The molecule has 0 saturated carbocycles. The molecule has 0 aromatic heterocycles. The number of hydrogen-bond donors (Lipinski definition) is 4. The highest BCUT2D eigenvalue weighted by Gasteiger charge is 1.61. The van der Waals surface area contributed by atoms with Crippen LogP contribution in [0, 0.1) is 0 Å². The summed E-state index contributed by atoms with van der Waals surface area (Å²) in [4.78, 5) is 26.0. The summed E-state index contributed by atoms with van der Waals surface area (Å²) in [6.45, 7) is 2.00. The van der Waals surface area contributed by atoms with Crippen LogP contribution >= 0.6 is 0 Å². The molecule has 0 saturated heterocycles. The third kappa shape index (κ3) is 52.6. The summed E-state index contributed by atoms with van der Waals surface area (Å²) in [5.74, 6) is 0. The normalized spacial score (nSPS) is 5.20. The number of amides is 4. The van der Waals surface area contributed by atoms with Gasteiger partial charge in [0, 0.05) is 0 Å². The third-order valence-corrected chi connectivity index (χ3v) is 0. The molecule has 0 aromatic carbocycles. The lowest BCUT2D eigenvalue weighted by molar-refractivity contribution is -0.0979. The van der Waals surface area contributed by atoms with E-state index in [0.29, 0.717) is 0 Å². The Kier molecular flexibility index (Phi) is 24.7. The smallest absolute Gasteiger partial charge is 0.309 e. The number of carbonyl (C=O) groups excluding carboxylic acids is 3. The molecular formula is C3H10N4O3. The topological polar surface area (TPSA) is 155 Å². The van der Waals surface area contributed by atoms with E-state index in [2.05, 4.69) is 22.9 Å². The summed E-state index contributed by atoms with van der Waals surface area (Å²) in [6.07, 6.45) is 0. The van der Waals surface area contributed by atoms with Crippen LogP contribution in [0.4, 0.5) is 9.59 Å². The molecule has 0 bridgehead atoms. The minimum atomic E-state index is -0.833. The van der Waals surface area contributed by atoms with Crippen LogP contribution in [0.15, 0.2) is 0 Å². The molecule has 7 heteroatoms. The van der Waals surface area contributed by atoms with Crippen LogP contribution in [-0.4, -0.2) is 18.9 Å². The quantitative estimate of drug-likeness (QED) is 0.311. The van der Waals surface area contributed by atoms with Gasteiger partial charge in [-0.1, -0.05) is 0 Å². The van der Waals surface area contributed by atoms with Crippen LogP contribution in [0.1, 0.15) is 0 Å². The van der Waals surface area contributed by atoms with E-state index in [1.807, 2.05) is 6.79 Å². The fourth-order valence-corrected chi connectivity index (χ4v) is 0. The van der Waals surface area contributed by atoms with E-state index in [0.717, 1.165) is 0 Å². The van der Waals surface area contributed by atoms with Crippen LogP contribution in [0.3, 0.4) is 0 Å². The molecule has 4 amide bonds. The first kappa shape index (κ1) is 15.7. The second-order valence-electron chi connectivity index (χ2n) is 0.805. The van der Waals surface area contributed by atoms with Gasteiger partial charge in [0.1, 0.15) is 6.79 Å². The zero-order valence-corrected chi connectivity index (χ0v) is 5.24. The molecule has 0 fully saturated rings. The van der Waals surface area contributed by atoms with Crippen LogP contribution in [0.5, 0.6) is 0 Å². The van der Waals surface area contributed by atoms with Gasteiger partial charge in [-0.15, -0.1) is 0 Å². The summed E-state index contributed by atoms with van der Waals surface area (Å²) < 4.78 is 0. The van der Waals surface area contributed by atoms with Crippen molar-refractivity contribution in [3.8, 4) is 0 Å². The van der Waals surface area contributed by atoms with E-state index < -0.39 is 12.1 Å². The van der Waals surface area contributed by atoms with Gasteiger partial charge >= 0.3 is 12.1 Å². The van der Waals surface area contributed by atoms with Gasteiger partial charge in [0.15, 0.2) is 0 Å². The summed E-state index contributed by atoms with van der Waals surface area (Å²) in [5, 5.41) is 0. The molecule has 8 N–H and O–H groups in total. The van der Waals surface area contributed by atoms with Crippen LogP contribution in [0.2, 0.25) is 0 Å².